The van der Waals surface area contributed by atoms with E-state index in [0.29, 0.717) is 10.2 Å². The van der Waals surface area contributed by atoms with Gasteiger partial charge in [-0.3, -0.25) is 4.79 Å². The van der Waals surface area contributed by atoms with Gasteiger partial charge in [-0.15, -0.1) is 0 Å². The number of fused-ring (bicyclic) bond motifs is 1. The number of nitrogens with zero attached hydrogens (tertiary/aromatic N) is 2. The van der Waals surface area contributed by atoms with Crippen LogP contribution in [0.4, 0.5) is 10.1 Å². The molecule has 3 rings (SSSR count). The van der Waals surface area contributed by atoms with Crippen LogP contribution in [0.15, 0.2) is 47.6 Å². The van der Waals surface area contributed by atoms with Crippen molar-refractivity contribution in [3.8, 4) is 0 Å². The third-order valence-electron chi connectivity index (χ3n) is 3.58. The zero-order valence-corrected chi connectivity index (χ0v) is 14.7. The highest BCUT2D eigenvalue weighted by Crippen LogP contribution is 2.28. The minimum absolute atomic E-state index is 0.173. The van der Waals surface area contributed by atoms with Gasteiger partial charge >= 0.3 is 0 Å². The number of aryl methyl sites for hydroxylation is 1. The van der Waals surface area contributed by atoms with Crippen molar-refractivity contribution in [3.63, 3.8) is 0 Å². The number of anilines is 1. The van der Waals surface area contributed by atoms with Crippen molar-refractivity contribution < 1.29 is 9.18 Å². The van der Waals surface area contributed by atoms with E-state index >= 15 is 0 Å². The van der Waals surface area contributed by atoms with Crippen LogP contribution in [0.5, 0.6) is 0 Å². The van der Waals surface area contributed by atoms with E-state index in [1.165, 1.54) is 23.9 Å². The lowest BCUT2D eigenvalue weighted by molar-refractivity contribution is -0.115. The van der Waals surface area contributed by atoms with Gasteiger partial charge in [0.15, 0.2) is 5.16 Å². The fourth-order valence-corrected chi connectivity index (χ4v) is 3.32. The average molecular weight is 364 g/mol. The van der Waals surface area contributed by atoms with E-state index in [-0.39, 0.29) is 11.6 Å². The lowest BCUT2D eigenvalue weighted by atomic mass is 10.3. The molecule has 0 saturated heterocycles. The minimum Gasteiger partial charge on any atom is -0.323 e. The van der Waals surface area contributed by atoms with Gasteiger partial charge in [-0.2, -0.15) is 0 Å². The third kappa shape index (κ3) is 3.39. The van der Waals surface area contributed by atoms with Crippen molar-refractivity contribution in [1.82, 2.24) is 9.55 Å². The molecule has 1 N–H and O–H groups in total. The molecule has 0 aliphatic rings. The maximum atomic E-state index is 13.6. The molecule has 0 unspecified atom stereocenters. The first kappa shape index (κ1) is 16.8. The van der Waals surface area contributed by atoms with Gasteiger partial charge in [0.25, 0.3) is 0 Å². The quantitative estimate of drug-likeness (QED) is 0.695. The molecule has 1 atom stereocenters. The number of imidazole rings is 1. The molecule has 0 aliphatic heterocycles. The van der Waals surface area contributed by atoms with Gasteiger partial charge in [-0.1, -0.05) is 35.5 Å². The highest BCUT2D eigenvalue weighted by molar-refractivity contribution is 8.00. The minimum atomic E-state index is -0.458. The fraction of sp³-hybridized carbons (Fsp3) is 0.176. The Hall–Kier alpha value is -2.05. The van der Waals surface area contributed by atoms with Crippen LogP contribution < -0.4 is 5.32 Å². The molecule has 124 valence electrons. The summed E-state index contributed by atoms with van der Waals surface area (Å²) in [5.74, 6) is -0.740. The van der Waals surface area contributed by atoms with Crippen molar-refractivity contribution in [2.45, 2.75) is 17.3 Å². The number of carbonyl (C=O) groups is 1. The maximum absolute atomic E-state index is 13.6. The number of hydrogen-bond donors (Lipinski definition) is 1. The summed E-state index contributed by atoms with van der Waals surface area (Å²) >= 11 is 7.30. The third-order valence-corrected chi connectivity index (χ3v) is 4.96. The first-order valence-corrected chi connectivity index (χ1v) is 8.55. The molecule has 3 aromatic rings. The molecule has 1 aromatic heterocycles. The fourth-order valence-electron chi connectivity index (χ4n) is 2.26. The number of benzene rings is 2. The number of hydrogen-bond acceptors (Lipinski definition) is 3. The molecular weight excluding hydrogens is 349 g/mol. The second kappa shape index (κ2) is 6.83. The van der Waals surface area contributed by atoms with E-state index in [2.05, 4.69) is 10.3 Å². The summed E-state index contributed by atoms with van der Waals surface area (Å²) in [6.07, 6.45) is 0. The Balaban J connectivity index is 1.77. The van der Waals surface area contributed by atoms with Crippen LogP contribution in [0, 0.1) is 5.82 Å². The summed E-state index contributed by atoms with van der Waals surface area (Å²) < 4.78 is 15.5. The van der Waals surface area contributed by atoms with E-state index in [1.54, 1.807) is 31.2 Å². The summed E-state index contributed by atoms with van der Waals surface area (Å²) in [4.78, 5) is 16.8. The molecule has 4 nitrogen and oxygen atoms in total. The number of aromatic nitrogens is 2. The Morgan fingerprint density at radius 3 is 2.83 bits per heavy atom. The Morgan fingerprint density at radius 2 is 2.08 bits per heavy atom. The Morgan fingerprint density at radius 1 is 1.33 bits per heavy atom. The number of para-hydroxylation sites is 1. The molecule has 0 spiro atoms. The van der Waals surface area contributed by atoms with Crippen molar-refractivity contribution in [2.75, 3.05) is 5.32 Å². The van der Waals surface area contributed by atoms with Crippen LogP contribution in [0.1, 0.15) is 6.92 Å². The number of amides is 1. The molecule has 0 radical (unpaired) electrons. The zero-order valence-electron chi connectivity index (χ0n) is 13.1. The SMILES string of the molecule is C[C@H](Sc1nc2cc(Cl)ccc2n1C)C(=O)Nc1ccccc1F. The largest absolute Gasteiger partial charge is 0.323 e. The summed E-state index contributed by atoms with van der Waals surface area (Å²) in [5.41, 5.74) is 1.88. The van der Waals surface area contributed by atoms with E-state index in [9.17, 15) is 9.18 Å². The van der Waals surface area contributed by atoms with Gasteiger partial charge in [-0.25, -0.2) is 9.37 Å². The lowest BCUT2D eigenvalue weighted by Gasteiger charge is -2.12. The van der Waals surface area contributed by atoms with E-state index < -0.39 is 11.1 Å². The van der Waals surface area contributed by atoms with Gasteiger partial charge in [0.05, 0.1) is 22.0 Å². The Kier molecular flexibility index (Phi) is 4.78. The van der Waals surface area contributed by atoms with Gasteiger partial charge < -0.3 is 9.88 Å². The molecule has 1 heterocycles. The van der Waals surface area contributed by atoms with Crippen LogP contribution >= 0.6 is 23.4 Å². The summed E-state index contributed by atoms with van der Waals surface area (Å²) in [6, 6.07) is 11.6. The molecule has 0 bridgehead atoms. The zero-order chi connectivity index (χ0) is 17.3. The highest BCUT2D eigenvalue weighted by Gasteiger charge is 2.19. The normalized spacial score (nSPS) is 12.3. The Bertz CT molecular complexity index is 912. The molecule has 0 fully saturated rings. The predicted molar refractivity (Wildman–Crippen MR) is 96.1 cm³/mol. The summed E-state index contributed by atoms with van der Waals surface area (Å²) in [5, 5.41) is 3.48. The maximum Gasteiger partial charge on any atom is 0.237 e. The molecule has 1 amide bonds. The topological polar surface area (TPSA) is 46.9 Å². The van der Waals surface area contributed by atoms with Crippen LogP contribution in [0.2, 0.25) is 5.02 Å². The Labute approximate surface area is 148 Å². The second-order valence-electron chi connectivity index (χ2n) is 5.32. The average Bonchev–Trinajstić information content (AvgIpc) is 2.84. The second-order valence-corrected chi connectivity index (χ2v) is 7.06. The molecule has 2 aromatic carbocycles. The number of halogens is 2. The molecule has 0 aliphatic carbocycles. The monoisotopic (exact) mass is 363 g/mol. The number of thioether (sulfide) groups is 1. The smallest absolute Gasteiger partial charge is 0.237 e. The van der Waals surface area contributed by atoms with Crippen molar-refractivity contribution in [3.05, 3.63) is 53.3 Å². The number of carbonyl (C=O) groups excluding carboxylic acids is 1. The van der Waals surface area contributed by atoms with Crippen LogP contribution in [0.3, 0.4) is 0 Å². The molecule has 0 saturated carbocycles. The first-order chi connectivity index (χ1) is 11.5. The van der Waals surface area contributed by atoms with E-state index in [0.717, 1.165) is 11.0 Å². The van der Waals surface area contributed by atoms with Gasteiger partial charge in [0.1, 0.15) is 5.82 Å². The molecule has 24 heavy (non-hydrogen) atoms. The molecular formula is C17H15ClFN3OS. The van der Waals surface area contributed by atoms with Gasteiger partial charge in [0, 0.05) is 12.1 Å². The van der Waals surface area contributed by atoms with Gasteiger partial charge in [0.2, 0.25) is 5.91 Å². The van der Waals surface area contributed by atoms with Crippen LogP contribution in [-0.2, 0) is 11.8 Å². The first-order valence-electron chi connectivity index (χ1n) is 7.29. The van der Waals surface area contributed by atoms with E-state index in [4.69, 9.17) is 11.6 Å². The highest BCUT2D eigenvalue weighted by atomic mass is 35.5. The van der Waals surface area contributed by atoms with Crippen molar-refractivity contribution in [1.29, 1.82) is 0 Å². The van der Waals surface area contributed by atoms with Crippen molar-refractivity contribution >= 4 is 46.0 Å². The van der Waals surface area contributed by atoms with Gasteiger partial charge in [-0.05, 0) is 37.3 Å². The standard InChI is InChI=1S/C17H15ClFN3OS/c1-10(16(23)20-13-6-4-3-5-12(13)19)24-17-21-14-9-11(18)7-8-15(14)22(17)2/h3-10H,1-2H3,(H,20,23)/t10-/m0/s1. The summed E-state index contributed by atoms with van der Waals surface area (Å²) in [7, 11) is 1.88. The molecule has 7 heteroatoms. The summed E-state index contributed by atoms with van der Waals surface area (Å²) in [6.45, 7) is 1.76. The van der Waals surface area contributed by atoms with E-state index in [1.807, 2.05) is 17.7 Å². The van der Waals surface area contributed by atoms with Crippen LogP contribution in [-0.4, -0.2) is 20.7 Å². The number of rotatable bonds is 4. The number of nitrogens with one attached hydrogen (secondary N) is 1. The van der Waals surface area contributed by atoms with Crippen LogP contribution in [0.25, 0.3) is 11.0 Å². The lowest BCUT2D eigenvalue weighted by Crippen LogP contribution is -2.23. The van der Waals surface area contributed by atoms with Crippen molar-refractivity contribution in [2.24, 2.45) is 7.05 Å². The predicted octanol–water partition coefficient (Wildman–Crippen LogP) is 4.49.